The van der Waals surface area contributed by atoms with Crippen molar-refractivity contribution >= 4 is 22.5 Å². The first-order valence-corrected chi connectivity index (χ1v) is 9.54. The number of para-hydroxylation sites is 2. The normalized spacial score (nSPS) is 11.6. The third-order valence-corrected chi connectivity index (χ3v) is 4.98. The largest absolute Gasteiger partial charge is 0.314 e. The van der Waals surface area contributed by atoms with Crippen LogP contribution >= 0.6 is 0 Å². The molecule has 29 heavy (non-hydrogen) atoms. The van der Waals surface area contributed by atoms with E-state index >= 15 is 0 Å². The van der Waals surface area contributed by atoms with Crippen molar-refractivity contribution in [3.8, 4) is 5.69 Å². The number of benzene rings is 2. The highest BCUT2D eigenvalue weighted by molar-refractivity contribution is 5.98. The van der Waals surface area contributed by atoms with Crippen molar-refractivity contribution in [1.82, 2.24) is 15.0 Å². The van der Waals surface area contributed by atoms with Crippen LogP contribution in [0.5, 0.6) is 0 Å². The first-order chi connectivity index (χ1) is 14.1. The van der Waals surface area contributed by atoms with Gasteiger partial charge in [-0.15, -0.1) is 0 Å². The van der Waals surface area contributed by atoms with E-state index in [4.69, 9.17) is 0 Å². The monoisotopic (exact) mass is 382 g/mol. The Morgan fingerprint density at radius 3 is 2.48 bits per heavy atom. The second kappa shape index (κ2) is 8.10. The van der Waals surface area contributed by atoms with Crippen molar-refractivity contribution in [3.63, 3.8) is 0 Å². The van der Waals surface area contributed by atoms with Gasteiger partial charge in [0, 0.05) is 23.0 Å². The molecule has 4 rings (SSSR count). The number of hydrogen-bond acceptors (Lipinski definition) is 3. The first kappa shape index (κ1) is 18.6. The molecule has 0 atom stereocenters. The van der Waals surface area contributed by atoms with Crippen molar-refractivity contribution in [1.29, 1.82) is 0 Å². The Kier molecular flexibility index (Phi) is 5.20. The number of fused-ring (bicyclic) bond motifs is 1. The average Bonchev–Trinajstić information content (AvgIpc) is 3.04. The lowest BCUT2D eigenvalue weighted by Crippen LogP contribution is -2.21. The summed E-state index contributed by atoms with van der Waals surface area (Å²) in [4.78, 5) is 16.9. The SMILES string of the molecule is CC(=NNC(=O)Cc1c(C)n(-c2ccccc2)c2ccccc12)c1ccccn1. The number of aromatic nitrogens is 2. The second-order valence-corrected chi connectivity index (χ2v) is 6.88. The zero-order valence-corrected chi connectivity index (χ0v) is 16.5. The molecule has 4 aromatic rings. The maximum atomic E-state index is 12.6. The molecule has 2 heterocycles. The molecule has 5 nitrogen and oxygen atoms in total. The fourth-order valence-corrected chi connectivity index (χ4v) is 3.55. The van der Waals surface area contributed by atoms with Gasteiger partial charge in [0.05, 0.1) is 23.3 Å². The first-order valence-electron chi connectivity index (χ1n) is 9.54. The number of carbonyl (C=O) groups excluding carboxylic acids is 1. The smallest absolute Gasteiger partial charge is 0.244 e. The van der Waals surface area contributed by atoms with E-state index in [0.29, 0.717) is 5.71 Å². The molecule has 2 aromatic carbocycles. The van der Waals surface area contributed by atoms with Crippen LogP contribution in [-0.2, 0) is 11.2 Å². The molecule has 0 radical (unpaired) electrons. The number of pyridine rings is 1. The van der Waals surface area contributed by atoms with Crippen LogP contribution in [-0.4, -0.2) is 21.2 Å². The Morgan fingerprint density at radius 1 is 1.00 bits per heavy atom. The molecule has 5 heteroatoms. The van der Waals surface area contributed by atoms with Gasteiger partial charge in [0.25, 0.3) is 0 Å². The van der Waals surface area contributed by atoms with Crippen molar-refractivity contribution in [2.24, 2.45) is 5.10 Å². The van der Waals surface area contributed by atoms with Crippen LogP contribution in [0.3, 0.4) is 0 Å². The Hall–Kier alpha value is -3.73. The van der Waals surface area contributed by atoms with E-state index in [1.54, 1.807) is 6.20 Å². The molecule has 0 saturated carbocycles. The third kappa shape index (κ3) is 3.80. The second-order valence-electron chi connectivity index (χ2n) is 6.88. The number of carbonyl (C=O) groups is 1. The van der Waals surface area contributed by atoms with Crippen molar-refractivity contribution in [2.45, 2.75) is 20.3 Å². The van der Waals surface area contributed by atoms with Gasteiger partial charge in [-0.05, 0) is 49.7 Å². The third-order valence-electron chi connectivity index (χ3n) is 4.98. The molecule has 1 amide bonds. The number of amides is 1. The van der Waals surface area contributed by atoms with E-state index in [0.717, 1.165) is 33.5 Å². The van der Waals surface area contributed by atoms with Gasteiger partial charge in [-0.1, -0.05) is 42.5 Å². The van der Waals surface area contributed by atoms with E-state index in [9.17, 15) is 4.79 Å². The quantitative estimate of drug-likeness (QED) is 0.410. The lowest BCUT2D eigenvalue weighted by molar-refractivity contribution is -0.120. The van der Waals surface area contributed by atoms with Gasteiger partial charge < -0.3 is 4.57 Å². The summed E-state index contributed by atoms with van der Waals surface area (Å²) in [6, 6.07) is 24.0. The zero-order chi connectivity index (χ0) is 20.2. The fraction of sp³-hybridized carbons (Fsp3) is 0.125. The summed E-state index contributed by atoms with van der Waals surface area (Å²) < 4.78 is 2.19. The molecule has 0 aliphatic rings. The lowest BCUT2D eigenvalue weighted by atomic mass is 10.1. The minimum absolute atomic E-state index is 0.153. The summed E-state index contributed by atoms with van der Waals surface area (Å²) in [5, 5.41) is 5.29. The molecule has 0 spiro atoms. The van der Waals surface area contributed by atoms with Gasteiger partial charge in [-0.3, -0.25) is 9.78 Å². The predicted octanol–water partition coefficient (Wildman–Crippen LogP) is 4.42. The highest BCUT2D eigenvalue weighted by Crippen LogP contribution is 2.29. The Morgan fingerprint density at radius 2 is 1.72 bits per heavy atom. The topological polar surface area (TPSA) is 59.3 Å². The van der Waals surface area contributed by atoms with E-state index < -0.39 is 0 Å². The molecule has 2 aromatic heterocycles. The number of hydrazone groups is 1. The van der Waals surface area contributed by atoms with Gasteiger partial charge in [-0.25, -0.2) is 5.43 Å². The van der Waals surface area contributed by atoms with Crippen molar-refractivity contribution in [3.05, 3.63) is 95.9 Å². The van der Waals surface area contributed by atoms with Gasteiger partial charge >= 0.3 is 0 Å². The van der Waals surface area contributed by atoms with Crippen LogP contribution in [0, 0.1) is 6.92 Å². The lowest BCUT2D eigenvalue weighted by Gasteiger charge is -2.08. The number of nitrogens with zero attached hydrogens (tertiary/aromatic N) is 3. The molecule has 0 unspecified atom stereocenters. The molecular weight excluding hydrogens is 360 g/mol. The van der Waals surface area contributed by atoms with Gasteiger partial charge in [0.2, 0.25) is 5.91 Å². The molecule has 0 saturated heterocycles. The predicted molar refractivity (Wildman–Crippen MR) is 116 cm³/mol. The van der Waals surface area contributed by atoms with E-state index in [1.165, 1.54) is 0 Å². The Bertz CT molecular complexity index is 1180. The highest BCUT2D eigenvalue weighted by atomic mass is 16.2. The Labute approximate surface area is 169 Å². The fourth-order valence-electron chi connectivity index (χ4n) is 3.55. The van der Waals surface area contributed by atoms with Crippen LogP contribution in [0.2, 0.25) is 0 Å². The summed E-state index contributed by atoms with van der Waals surface area (Å²) in [5.41, 5.74) is 8.31. The van der Waals surface area contributed by atoms with Crippen molar-refractivity contribution in [2.75, 3.05) is 0 Å². The number of hydrogen-bond donors (Lipinski definition) is 1. The summed E-state index contributed by atoms with van der Waals surface area (Å²) in [5.74, 6) is -0.153. The molecule has 0 aliphatic heterocycles. The maximum Gasteiger partial charge on any atom is 0.244 e. The highest BCUT2D eigenvalue weighted by Gasteiger charge is 2.17. The van der Waals surface area contributed by atoms with Crippen LogP contribution < -0.4 is 5.43 Å². The van der Waals surface area contributed by atoms with Crippen LogP contribution in [0.25, 0.3) is 16.6 Å². The number of rotatable bonds is 5. The summed E-state index contributed by atoms with van der Waals surface area (Å²) in [7, 11) is 0. The zero-order valence-electron chi connectivity index (χ0n) is 16.5. The average molecular weight is 382 g/mol. The minimum atomic E-state index is -0.153. The van der Waals surface area contributed by atoms with Crippen LogP contribution in [0.1, 0.15) is 23.9 Å². The molecule has 0 aliphatic carbocycles. The van der Waals surface area contributed by atoms with E-state index in [-0.39, 0.29) is 12.3 Å². The summed E-state index contributed by atoms with van der Waals surface area (Å²) >= 11 is 0. The van der Waals surface area contributed by atoms with Crippen LogP contribution in [0.15, 0.2) is 84.1 Å². The summed E-state index contributed by atoms with van der Waals surface area (Å²) in [6.07, 6.45) is 1.96. The van der Waals surface area contributed by atoms with E-state index in [2.05, 4.69) is 51.3 Å². The van der Waals surface area contributed by atoms with Gasteiger partial charge in [-0.2, -0.15) is 5.10 Å². The molecule has 0 fully saturated rings. The Balaban J connectivity index is 1.63. The number of nitrogens with one attached hydrogen (secondary N) is 1. The van der Waals surface area contributed by atoms with E-state index in [1.807, 2.05) is 55.5 Å². The van der Waals surface area contributed by atoms with Gasteiger partial charge in [0.1, 0.15) is 0 Å². The molecule has 1 N–H and O–H groups in total. The van der Waals surface area contributed by atoms with Crippen LogP contribution in [0.4, 0.5) is 0 Å². The summed E-state index contributed by atoms with van der Waals surface area (Å²) in [6.45, 7) is 3.88. The molecule has 144 valence electrons. The van der Waals surface area contributed by atoms with Crippen molar-refractivity contribution < 1.29 is 4.79 Å². The minimum Gasteiger partial charge on any atom is -0.314 e. The molecule has 0 bridgehead atoms. The van der Waals surface area contributed by atoms with Gasteiger partial charge in [0.15, 0.2) is 0 Å². The standard InChI is InChI=1S/C24H22N4O/c1-17(22-13-8-9-15-25-22)26-27-24(29)16-21-18(2)28(19-10-4-3-5-11-19)23-14-7-6-12-20(21)23/h3-15H,16H2,1-2H3,(H,27,29). The molecular formula is C24H22N4O. The maximum absolute atomic E-state index is 12.6.